The third kappa shape index (κ3) is 1.53. The van der Waals surface area contributed by atoms with E-state index in [0.717, 1.165) is 11.3 Å². The number of hydrazine groups is 2. The first-order chi connectivity index (χ1) is 8.28. The van der Waals surface area contributed by atoms with E-state index in [4.69, 9.17) is 5.26 Å². The Hall–Kier alpha value is -2.41. The number of hydrogen-bond donors (Lipinski definition) is 1. The average molecular weight is 224 g/mol. The van der Waals surface area contributed by atoms with Gasteiger partial charge < -0.3 is 0 Å². The van der Waals surface area contributed by atoms with Gasteiger partial charge in [-0.05, 0) is 25.1 Å². The highest BCUT2D eigenvalue weighted by molar-refractivity contribution is 5.65. The number of fused-ring (bicyclic) bond motifs is 1. The van der Waals surface area contributed by atoms with Gasteiger partial charge in [-0.1, -0.05) is 12.1 Å². The molecule has 17 heavy (non-hydrogen) atoms. The molecule has 84 valence electrons. The molecule has 1 N–H and O–H groups in total. The van der Waals surface area contributed by atoms with Crippen molar-refractivity contribution >= 4 is 5.70 Å². The van der Waals surface area contributed by atoms with Gasteiger partial charge in [0.05, 0.1) is 23.4 Å². The Morgan fingerprint density at radius 3 is 2.71 bits per heavy atom. The number of nitrogens with one attached hydrogen (secondary N) is 1. The van der Waals surface area contributed by atoms with E-state index in [1.807, 2.05) is 35.6 Å². The molecular formula is C13H12N4. The van der Waals surface area contributed by atoms with Crippen molar-refractivity contribution in [1.29, 1.82) is 5.26 Å². The number of hydrogen-bond acceptors (Lipinski definition) is 4. The second kappa shape index (κ2) is 3.56. The lowest BCUT2D eigenvalue weighted by Crippen LogP contribution is -2.37. The van der Waals surface area contributed by atoms with Crippen LogP contribution in [-0.2, 0) is 0 Å². The summed E-state index contributed by atoms with van der Waals surface area (Å²) in [6, 6.07) is 10.1. The molecule has 4 heteroatoms. The molecule has 4 nitrogen and oxygen atoms in total. The number of nitrogens with zero attached hydrogens (tertiary/aromatic N) is 3. The molecule has 1 atom stereocenters. The molecule has 0 radical (unpaired) electrons. The first-order valence-electron chi connectivity index (χ1n) is 5.53. The molecule has 0 spiro atoms. The maximum atomic E-state index is 8.75. The Labute approximate surface area is 100.0 Å². The van der Waals surface area contributed by atoms with Crippen molar-refractivity contribution in [3.8, 4) is 6.07 Å². The SMILES string of the molecule is CC1C=CN2NC(c3ccc(C#N)cc3)=CN12. The molecule has 0 bridgehead atoms. The molecule has 0 amide bonds. The van der Waals surface area contributed by atoms with E-state index in [1.165, 1.54) is 0 Å². The lowest BCUT2D eigenvalue weighted by molar-refractivity contribution is 0.0690. The predicted molar refractivity (Wildman–Crippen MR) is 64.5 cm³/mol. The first kappa shape index (κ1) is 9.79. The van der Waals surface area contributed by atoms with E-state index in [2.05, 4.69) is 35.7 Å². The Balaban J connectivity index is 1.87. The molecule has 0 fully saturated rings. The van der Waals surface area contributed by atoms with Crippen molar-refractivity contribution in [1.82, 2.24) is 15.6 Å². The lowest BCUT2D eigenvalue weighted by Gasteiger charge is -2.24. The largest absolute Gasteiger partial charge is 0.278 e. The predicted octanol–water partition coefficient (Wildman–Crippen LogP) is 1.81. The van der Waals surface area contributed by atoms with E-state index < -0.39 is 0 Å². The van der Waals surface area contributed by atoms with Crippen LogP contribution in [0.2, 0.25) is 0 Å². The summed E-state index contributed by atoms with van der Waals surface area (Å²) in [5, 5.41) is 12.8. The Morgan fingerprint density at radius 1 is 1.29 bits per heavy atom. The van der Waals surface area contributed by atoms with Crippen LogP contribution in [0.25, 0.3) is 5.70 Å². The zero-order valence-corrected chi connectivity index (χ0v) is 9.46. The van der Waals surface area contributed by atoms with Crippen LogP contribution in [0, 0.1) is 11.3 Å². The minimum atomic E-state index is 0.374. The highest BCUT2D eigenvalue weighted by Crippen LogP contribution is 2.25. The van der Waals surface area contributed by atoms with Gasteiger partial charge in [-0.25, -0.2) is 5.12 Å². The summed E-state index contributed by atoms with van der Waals surface area (Å²) in [4.78, 5) is 0. The number of rotatable bonds is 1. The van der Waals surface area contributed by atoms with E-state index in [9.17, 15) is 0 Å². The normalized spacial score (nSPS) is 20.9. The molecule has 0 aliphatic carbocycles. The summed E-state index contributed by atoms with van der Waals surface area (Å²) in [5.74, 6) is 0. The van der Waals surface area contributed by atoms with E-state index >= 15 is 0 Å². The molecule has 1 aromatic carbocycles. The van der Waals surface area contributed by atoms with Crippen molar-refractivity contribution in [3.05, 3.63) is 53.9 Å². The number of benzene rings is 1. The lowest BCUT2D eigenvalue weighted by atomic mass is 10.1. The van der Waals surface area contributed by atoms with Crippen molar-refractivity contribution in [3.63, 3.8) is 0 Å². The highest BCUT2D eigenvalue weighted by Gasteiger charge is 2.26. The van der Waals surface area contributed by atoms with Gasteiger partial charge in [0.25, 0.3) is 0 Å². The second-order valence-electron chi connectivity index (χ2n) is 4.15. The zero-order chi connectivity index (χ0) is 11.8. The van der Waals surface area contributed by atoms with Gasteiger partial charge in [0.2, 0.25) is 0 Å². The minimum Gasteiger partial charge on any atom is -0.278 e. The summed E-state index contributed by atoms with van der Waals surface area (Å²) in [6.07, 6.45) is 6.21. The van der Waals surface area contributed by atoms with Gasteiger partial charge in [0.1, 0.15) is 0 Å². The fourth-order valence-corrected chi connectivity index (χ4v) is 1.99. The molecule has 1 aromatic rings. The molecular weight excluding hydrogens is 212 g/mol. The van der Waals surface area contributed by atoms with Gasteiger partial charge in [-0.2, -0.15) is 5.26 Å². The van der Waals surface area contributed by atoms with Crippen molar-refractivity contribution in [2.45, 2.75) is 13.0 Å². The third-order valence-electron chi connectivity index (χ3n) is 2.99. The number of nitriles is 1. The molecule has 3 rings (SSSR count). The average Bonchev–Trinajstić information content (AvgIpc) is 2.92. The smallest absolute Gasteiger partial charge is 0.0991 e. The summed E-state index contributed by atoms with van der Waals surface area (Å²) < 4.78 is 0. The summed E-state index contributed by atoms with van der Waals surface area (Å²) in [6.45, 7) is 2.14. The standard InChI is InChI=1S/C13H12N4/c1-10-6-7-17-15-13(9-16(10)17)12-4-2-11(8-14)3-5-12/h2-7,9-10,15H,1H3. The van der Waals surface area contributed by atoms with E-state index in [1.54, 1.807) is 0 Å². The maximum absolute atomic E-state index is 8.75. The molecule has 1 unspecified atom stereocenters. The van der Waals surface area contributed by atoms with Crippen molar-refractivity contribution in [2.24, 2.45) is 0 Å². The zero-order valence-electron chi connectivity index (χ0n) is 9.46. The molecule has 2 aliphatic heterocycles. The molecule has 2 aliphatic rings. The minimum absolute atomic E-state index is 0.374. The van der Waals surface area contributed by atoms with Crippen LogP contribution in [0.15, 0.2) is 42.7 Å². The van der Waals surface area contributed by atoms with Crippen molar-refractivity contribution in [2.75, 3.05) is 0 Å². The van der Waals surface area contributed by atoms with Crippen LogP contribution >= 0.6 is 0 Å². The topological polar surface area (TPSA) is 42.3 Å². The highest BCUT2D eigenvalue weighted by atomic mass is 15.8. The monoisotopic (exact) mass is 224 g/mol. The van der Waals surface area contributed by atoms with Gasteiger partial charge >= 0.3 is 0 Å². The van der Waals surface area contributed by atoms with Crippen LogP contribution in [0.3, 0.4) is 0 Å². The van der Waals surface area contributed by atoms with E-state index in [0.29, 0.717) is 11.6 Å². The van der Waals surface area contributed by atoms with Gasteiger partial charge in [-0.15, -0.1) is 0 Å². The van der Waals surface area contributed by atoms with Gasteiger partial charge in [0.15, 0.2) is 0 Å². The molecule has 0 saturated carbocycles. The van der Waals surface area contributed by atoms with Crippen molar-refractivity contribution < 1.29 is 0 Å². The van der Waals surface area contributed by atoms with Crippen LogP contribution in [0.4, 0.5) is 0 Å². The summed E-state index contributed by atoms with van der Waals surface area (Å²) >= 11 is 0. The Kier molecular flexibility index (Phi) is 2.05. The molecule has 2 heterocycles. The van der Waals surface area contributed by atoms with E-state index in [-0.39, 0.29) is 0 Å². The van der Waals surface area contributed by atoms with Crippen LogP contribution in [0.1, 0.15) is 18.1 Å². The Bertz CT molecular complexity index is 536. The molecule has 0 saturated heterocycles. The third-order valence-corrected chi connectivity index (χ3v) is 2.99. The fourth-order valence-electron chi connectivity index (χ4n) is 1.99. The first-order valence-corrected chi connectivity index (χ1v) is 5.53. The van der Waals surface area contributed by atoms with Crippen LogP contribution < -0.4 is 5.43 Å². The second-order valence-corrected chi connectivity index (χ2v) is 4.15. The van der Waals surface area contributed by atoms with Crippen LogP contribution in [-0.4, -0.2) is 16.2 Å². The van der Waals surface area contributed by atoms with Crippen LogP contribution in [0.5, 0.6) is 0 Å². The van der Waals surface area contributed by atoms with Gasteiger partial charge in [0, 0.05) is 18.0 Å². The Morgan fingerprint density at radius 2 is 2.06 bits per heavy atom. The quantitative estimate of drug-likeness (QED) is 0.790. The van der Waals surface area contributed by atoms with Gasteiger partial charge in [-0.3, -0.25) is 10.4 Å². The summed E-state index contributed by atoms with van der Waals surface area (Å²) in [5.41, 5.74) is 6.10. The molecule has 0 aromatic heterocycles. The summed E-state index contributed by atoms with van der Waals surface area (Å²) in [7, 11) is 0. The fraction of sp³-hybridized carbons (Fsp3) is 0.154. The maximum Gasteiger partial charge on any atom is 0.0991 e.